The van der Waals surface area contributed by atoms with Crippen LogP contribution in [0.3, 0.4) is 0 Å². The molecule has 1 heterocycles. The van der Waals surface area contributed by atoms with E-state index in [0.717, 1.165) is 33.3 Å². The van der Waals surface area contributed by atoms with Gasteiger partial charge >= 0.3 is 0 Å². The molecule has 1 N–H and O–H groups in total. The van der Waals surface area contributed by atoms with Gasteiger partial charge in [-0.15, -0.1) is 0 Å². The second-order valence-electron chi connectivity index (χ2n) is 7.14. The Morgan fingerprint density at radius 1 is 0.600 bits per heavy atom. The van der Waals surface area contributed by atoms with Crippen molar-refractivity contribution in [2.75, 3.05) is 5.32 Å². The van der Waals surface area contributed by atoms with Gasteiger partial charge in [-0.3, -0.25) is 0 Å². The van der Waals surface area contributed by atoms with Crippen LogP contribution >= 0.6 is 0 Å². The first-order valence-corrected chi connectivity index (χ1v) is 9.85. The van der Waals surface area contributed by atoms with E-state index >= 15 is 4.39 Å². The maximum Gasteiger partial charge on any atom is 0.172 e. The van der Waals surface area contributed by atoms with Gasteiger partial charge in [0.1, 0.15) is 5.69 Å². The van der Waals surface area contributed by atoms with E-state index in [0.29, 0.717) is 11.4 Å². The van der Waals surface area contributed by atoms with Crippen molar-refractivity contribution in [3.63, 3.8) is 0 Å². The molecule has 4 aromatic carbocycles. The SMILES string of the molecule is Fc1c(Nc2ccccc2)cc(-c2ccccc2)nc1-c1ccc2ccccc2c1. The van der Waals surface area contributed by atoms with E-state index in [1.54, 1.807) is 6.07 Å². The highest BCUT2D eigenvalue weighted by atomic mass is 19.1. The van der Waals surface area contributed by atoms with Crippen molar-refractivity contribution < 1.29 is 4.39 Å². The molecule has 0 atom stereocenters. The zero-order chi connectivity index (χ0) is 20.3. The molecule has 5 rings (SSSR count). The number of halogens is 1. The third-order valence-corrected chi connectivity index (χ3v) is 5.10. The summed E-state index contributed by atoms with van der Waals surface area (Å²) in [5.41, 5.74) is 3.97. The Balaban J connectivity index is 1.69. The maximum absolute atomic E-state index is 15.6. The Labute approximate surface area is 174 Å². The lowest BCUT2D eigenvalue weighted by Gasteiger charge is -2.14. The lowest BCUT2D eigenvalue weighted by Crippen LogP contribution is -2.00. The van der Waals surface area contributed by atoms with Crippen LogP contribution in [0.25, 0.3) is 33.3 Å². The van der Waals surface area contributed by atoms with Crippen molar-refractivity contribution in [3.05, 3.63) is 115 Å². The molecule has 1 aromatic heterocycles. The van der Waals surface area contributed by atoms with E-state index in [2.05, 4.69) is 5.32 Å². The van der Waals surface area contributed by atoms with E-state index < -0.39 is 0 Å². The molecular weight excluding hydrogens is 371 g/mol. The Bertz CT molecular complexity index is 1320. The van der Waals surface area contributed by atoms with Crippen molar-refractivity contribution >= 4 is 22.1 Å². The Hall–Kier alpha value is -3.98. The predicted octanol–water partition coefficient (Wildman–Crippen LogP) is 7.45. The number of aromatic nitrogens is 1. The van der Waals surface area contributed by atoms with Gasteiger partial charge in [-0.05, 0) is 35.0 Å². The number of nitrogens with zero attached hydrogens (tertiary/aromatic N) is 1. The minimum Gasteiger partial charge on any atom is -0.353 e. The summed E-state index contributed by atoms with van der Waals surface area (Å²) in [6.45, 7) is 0. The van der Waals surface area contributed by atoms with Crippen molar-refractivity contribution in [2.24, 2.45) is 0 Å². The van der Waals surface area contributed by atoms with Crippen LogP contribution in [-0.4, -0.2) is 4.98 Å². The molecule has 0 aliphatic heterocycles. The summed E-state index contributed by atoms with van der Waals surface area (Å²) in [5.74, 6) is -0.367. The van der Waals surface area contributed by atoms with Crippen LogP contribution < -0.4 is 5.32 Å². The second kappa shape index (κ2) is 7.80. The van der Waals surface area contributed by atoms with Gasteiger partial charge in [0.05, 0.1) is 11.4 Å². The fraction of sp³-hybridized carbons (Fsp3) is 0. The van der Waals surface area contributed by atoms with E-state index in [-0.39, 0.29) is 5.82 Å². The molecule has 3 heteroatoms. The van der Waals surface area contributed by atoms with Gasteiger partial charge in [-0.25, -0.2) is 9.37 Å². The highest BCUT2D eigenvalue weighted by Gasteiger charge is 2.16. The van der Waals surface area contributed by atoms with Gasteiger partial charge in [0.2, 0.25) is 0 Å². The molecule has 0 bridgehead atoms. The predicted molar refractivity (Wildman–Crippen MR) is 122 cm³/mol. The summed E-state index contributed by atoms with van der Waals surface area (Å²) < 4.78 is 15.6. The van der Waals surface area contributed by atoms with Crippen LogP contribution in [0.15, 0.2) is 109 Å². The molecule has 0 amide bonds. The van der Waals surface area contributed by atoms with Crippen LogP contribution in [0.2, 0.25) is 0 Å². The summed E-state index contributed by atoms with van der Waals surface area (Å²) in [4.78, 5) is 4.71. The van der Waals surface area contributed by atoms with E-state index in [9.17, 15) is 0 Å². The standard InChI is InChI=1S/C27H19FN2/c28-26-25(29-23-13-5-2-6-14-23)18-24(20-10-3-1-4-11-20)30-27(26)22-16-15-19-9-7-8-12-21(19)17-22/h1-18H,(H,29,30). The minimum absolute atomic E-state index is 0.334. The van der Waals surface area contributed by atoms with Crippen molar-refractivity contribution in [1.29, 1.82) is 0 Å². The molecule has 0 aliphatic carbocycles. The summed E-state index contributed by atoms with van der Waals surface area (Å²) in [5, 5.41) is 5.38. The topological polar surface area (TPSA) is 24.9 Å². The third-order valence-electron chi connectivity index (χ3n) is 5.10. The first kappa shape index (κ1) is 18.1. The molecule has 0 saturated carbocycles. The smallest absolute Gasteiger partial charge is 0.172 e. The van der Waals surface area contributed by atoms with Gasteiger partial charge < -0.3 is 5.32 Å². The van der Waals surface area contributed by atoms with Gasteiger partial charge in [0.25, 0.3) is 0 Å². The summed E-state index contributed by atoms with van der Waals surface area (Å²) in [7, 11) is 0. The van der Waals surface area contributed by atoms with E-state index in [4.69, 9.17) is 4.98 Å². The largest absolute Gasteiger partial charge is 0.353 e. The number of pyridine rings is 1. The van der Waals surface area contributed by atoms with E-state index in [1.807, 2.05) is 103 Å². The lowest BCUT2D eigenvalue weighted by molar-refractivity contribution is 0.630. The first-order valence-electron chi connectivity index (χ1n) is 9.85. The van der Waals surface area contributed by atoms with Gasteiger partial charge in [0, 0.05) is 16.8 Å². The van der Waals surface area contributed by atoms with Crippen molar-refractivity contribution in [3.8, 4) is 22.5 Å². The maximum atomic E-state index is 15.6. The molecule has 0 spiro atoms. The normalized spacial score (nSPS) is 10.8. The highest BCUT2D eigenvalue weighted by molar-refractivity contribution is 5.87. The molecule has 0 saturated heterocycles. The number of nitrogens with one attached hydrogen (secondary N) is 1. The zero-order valence-corrected chi connectivity index (χ0v) is 16.2. The van der Waals surface area contributed by atoms with Crippen LogP contribution in [0, 0.1) is 5.82 Å². The number of anilines is 2. The molecular formula is C27H19FN2. The van der Waals surface area contributed by atoms with E-state index in [1.165, 1.54) is 0 Å². The molecule has 144 valence electrons. The van der Waals surface area contributed by atoms with Crippen LogP contribution in [-0.2, 0) is 0 Å². The molecule has 0 radical (unpaired) electrons. The number of rotatable bonds is 4. The van der Waals surface area contributed by atoms with Gasteiger partial charge in [-0.1, -0.05) is 84.9 Å². The molecule has 0 fully saturated rings. The van der Waals surface area contributed by atoms with Crippen molar-refractivity contribution in [1.82, 2.24) is 4.98 Å². The fourth-order valence-corrected chi connectivity index (χ4v) is 3.58. The zero-order valence-electron chi connectivity index (χ0n) is 16.2. The molecule has 5 aromatic rings. The average Bonchev–Trinajstić information content (AvgIpc) is 2.81. The summed E-state index contributed by atoms with van der Waals surface area (Å²) in [6, 6.07) is 35.2. The highest BCUT2D eigenvalue weighted by Crippen LogP contribution is 2.33. The lowest BCUT2D eigenvalue weighted by atomic mass is 10.0. The second-order valence-corrected chi connectivity index (χ2v) is 7.14. The Morgan fingerprint density at radius 2 is 1.27 bits per heavy atom. The number of fused-ring (bicyclic) bond motifs is 1. The van der Waals surface area contributed by atoms with Crippen LogP contribution in [0.4, 0.5) is 15.8 Å². The Kier molecular flexibility index (Phi) is 4.70. The molecule has 0 unspecified atom stereocenters. The monoisotopic (exact) mass is 390 g/mol. The molecule has 0 aliphatic rings. The van der Waals surface area contributed by atoms with Crippen LogP contribution in [0.1, 0.15) is 0 Å². The number of hydrogen-bond donors (Lipinski definition) is 1. The number of benzene rings is 4. The summed E-state index contributed by atoms with van der Waals surface area (Å²) in [6.07, 6.45) is 0. The van der Waals surface area contributed by atoms with Crippen LogP contribution in [0.5, 0.6) is 0 Å². The summed E-state index contributed by atoms with van der Waals surface area (Å²) >= 11 is 0. The molecule has 30 heavy (non-hydrogen) atoms. The minimum atomic E-state index is -0.367. The van der Waals surface area contributed by atoms with Gasteiger partial charge in [-0.2, -0.15) is 0 Å². The number of para-hydroxylation sites is 1. The Morgan fingerprint density at radius 3 is 2.03 bits per heavy atom. The van der Waals surface area contributed by atoms with Gasteiger partial charge in [0.15, 0.2) is 5.82 Å². The van der Waals surface area contributed by atoms with Crippen molar-refractivity contribution in [2.45, 2.75) is 0 Å². The quantitative estimate of drug-likeness (QED) is 0.345. The molecule has 2 nitrogen and oxygen atoms in total. The number of hydrogen-bond acceptors (Lipinski definition) is 2. The average molecular weight is 390 g/mol. The fourth-order valence-electron chi connectivity index (χ4n) is 3.58. The first-order chi connectivity index (χ1) is 14.8. The third kappa shape index (κ3) is 3.53.